The van der Waals surface area contributed by atoms with Crippen molar-refractivity contribution < 1.29 is 19.6 Å². The van der Waals surface area contributed by atoms with Gasteiger partial charge in [-0.2, -0.15) is 0 Å². The van der Waals surface area contributed by atoms with E-state index in [-0.39, 0.29) is 17.4 Å². The molecule has 0 aromatic carbocycles. The van der Waals surface area contributed by atoms with E-state index in [1.807, 2.05) is 0 Å². The summed E-state index contributed by atoms with van der Waals surface area (Å²) in [5, 5.41) is 19.9. The molecule has 6 heteroatoms. The Labute approximate surface area is 145 Å². The maximum atomic E-state index is 11.3. The third-order valence-corrected chi connectivity index (χ3v) is 4.85. The van der Waals surface area contributed by atoms with Gasteiger partial charge in [0, 0.05) is 12.8 Å². The van der Waals surface area contributed by atoms with E-state index < -0.39 is 11.7 Å². The number of epoxide rings is 1. The summed E-state index contributed by atoms with van der Waals surface area (Å²) in [7, 11) is 0. The molecule has 0 aliphatic carbocycles. The first-order chi connectivity index (χ1) is 11.5. The van der Waals surface area contributed by atoms with Crippen LogP contribution in [0.3, 0.4) is 0 Å². The van der Waals surface area contributed by atoms with Gasteiger partial charge in [-0.05, 0) is 19.3 Å². The van der Waals surface area contributed by atoms with Crippen molar-refractivity contribution in [3.63, 3.8) is 0 Å². The number of nitro groups is 1. The summed E-state index contributed by atoms with van der Waals surface area (Å²) in [5.74, 6) is -0.758. The number of aliphatic carboxylic acids is 1. The quantitative estimate of drug-likeness (QED) is 0.186. The van der Waals surface area contributed by atoms with E-state index in [4.69, 9.17) is 9.84 Å². The third-order valence-electron chi connectivity index (χ3n) is 4.85. The lowest BCUT2D eigenvalue weighted by atomic mass is 10.0. The number of carbonyl (C=O) groups is 1. The number of rotatable bonds is 16. The van der Waals surface area contributed by atoms with Gasteiger partial charge in [0.1, 0.15) is 0 Å². The van der Waals surface area contributed by atoms with E-state index in [2.05, 4.69) is 6.92 Å². The Hall–Kier alpha value is -1.17. The molecule has 1 aliphatic heterocycles. The van der Waals surface area contributed by atoms with Gasteiger partial charge in [-0.1, -0.05) is 64.7 Å². The Balaban J connectivity index is 2.10. The van der Waals surface area contributed by atoms with Crippen LogP contribution in [-0.4, -0.2) is 27.8 Å². The average molecular weight is 343 g/mol. The average Bonchev–Trinajstić information content (AvgIpc) is 3.24. The van der Waals surface area contributed by atoms with E-state index in [1.165, 1.54) is 25.7 Å². The minimum Gasteiger partial charge on any atom is -0.481 e. The van der Waals surface area contributed by atoms with Gasteiger partial charge in [0.05, 0.1) is 4.92 Å². The number of hydrogen-bond donors (Lipinski definition) is 1. The molecule has 0 aromatic heterocycles. The number of unbranched alkanes of at least 4 members (excludes halogenated alkanes) is 9. The molecular weight excluding hydrogens is 310 g/mol. The Morgan fingerprint density at radius 2 is 1.62 bits per heavy atom. The highest BCUT2D eigenvalue weighted by molar-refractivity contribution is 5.66. The van der Waals surface area contributed by atoms with E-state index in [1.54, 1.807) is 0 Å². The second kappa shape index (κ2) is 11.4. The minimum atomic E-state index is -1.12. The first-order valence-corrected chi connectivity index (χ1v) is 9.57. The predicted octanol–water partition coefficient (Wildman–Crippen LogP) is 4.92. The SMILES string of the molecule is CCCCCCCCC1OC1(CCCCCCCC(=O)O)[N+](=O)[O-]. The Morgan fingerprint density at radius 3 is 2.25 bits per heavy atom. The highest BCUT2D eigenvalue weighted by Gasteiger charge is 2.67. The monoisotopic (exact) mass is 343 g/mol. The normalized spacial score (nSPS) is 22.5. The zero-order chi connectivity index (χ0) is 17.8. The van der Waals surface area contributed by atoms with E-state index in [0.717, 1.165) is 44.9 Å². The van der Waals surface area contributed by atoms with Crippen LogP contribution in [0.15, 0.2) is 0 Å². The summed E-state index contributed by atoms with van der Waals surface area (Å²) in [6.07, 6.45) is 12.6. The van der Waals surface area contributed by atoms with Crippen LogP contribution in [0.4, 0.5) is 0 Å². The maximum absolute atomic E-state index is 11.3. The Kier molecular flexibility index (Phi) is 9.91. The minimum absolute atomic E-state index is 0.203. The fraction of sp³-hybridized carbons (Fsp3) is 0.944. The van der Waals surface area contributed by atoms with Gasteiger partial charge in [0.15, 0.2) is 6.10 Å². The maximum Gasteiger partial charge on any atom is 0.351 e. The lowest BCUT2D eigenvalue weighted by Crippen LogP contribution is -2.26. The first kappa shape index (κ1) is 20.9. The van der Waals surface area contributed by atoms with Gasteiger partial charge < -0.3 is 5.11 Å². The smallest absolute Gasteiger partial charge is 0.351 e. The first-order valence-electron chi connectivity index (χ1n) is 9.57. The molecule has 1 heterocycles. The van der Waals surface area contributed by atoms with Crippen LogP contribution in [0.5, 0.6) is 0 Å². The van der Waals surface area contributed by atoms with Crippen LogP contribution in [0.1, 0.15) is 96.8 Å². The summed E-state index contributed by atoms with van der Waals surface area (Å²) >= 11 is 0. The highest BCUT2D eigenvalue weighted by Crippen LogP contribution is 2.44. The highest BCUT2D eigenvalue weighted by atomic mass is 16.7. The summed E-state index contributed by atoms with van der Waals surface area (Å²) in [6, 6.07) is 0. The van der Waals surface area contributed by atoms with Crippen molar-refractivity contribution in [2.45, 2.75) is 109 Å². The molecule has 2 atom stereocenters. The molecule has 1 saturated heterocycles. The Bertz CT molecular complexity index is 388. The van der Waals surface area contributed by atoms with E-state index in [9.17, 15) is 14.9 Å². The molecule has 0 saturated carbocycles. The molecule has 140 valence electrons. The van der Waals surface area contributed by atoms with Crippen molar-refractivity contribution in [2.75, 3.05) is 0 Å². The van der Waals surface area contributed by atoms with Gasteiger partial charge in [-0.3, -0.25) is 19.6 Å². The molecule has 0 spiro atoms. The van der Waals surface area contributed by atoms with Crippen molar-refractivity contribution >= 4 is 5.97 Å². The van der Waals surface area contributed by atoms with Crippen LogP contribution in [0, 0.1) is 10.1 Å². The second-order valence-electron chi connectivity index (χ2n) is 6.93. The number of nitrogens with zero attached hydrogens (tertiary/aromatic N) is 1. The predicted molar refractivity (Wildman–Crippen MR) is 92.5 cm³/mol. The van der Waals surface area contributed by atoms with Gasteiger partial charge in [-0.15, -0.1) is 0 Å². The number of ether oxygens (including phenoxy) is 1. The van der Waals surface area contributed by atoms with Gasteiger partial charge in [0.25, 0.3) is 0 Å². The molecule has 0 bridgehead atoms. The van der Waals surface area contributed by atoms with Crippen LogP contribution < -0.4 is 0 Å². The number of carboxylic acids is 1. The lowest BCUT2D eigenvalue weighted by molar-refractivity contribution is -0.564. The summed E-state index contributed by atoms with van der Waals surface area (Å²) < 4.78 is 5.48. The molecular formula is C18H33NO5. The van der Waals surface area contributed by atoms with Crippen molar-refractivity contribution in [1.29, 1.82) is 0 Å². The summed E-state index contributed by atoms with van der Waals surface area (Å²) in [5.41, 5.74) is -1.12. The lowest BCUT2D eigenvalue weighted by Gasteiger charge is -2.05. The van der Waals surface area contributed by atoms with Crippen molar-refractivity contribution in [1.82, 2.24) is 0 Å². The molecule has 2 unspecified atom stereocenters. The topological polar surface area (TPSA) is 93.0 Å². The fourth-order valence-corrected chi connectivity index (χ4v) is 3.26. The van der Waals surface area contributed by atoms with Crippen molar-refractivity contribution in [3.8, 4) is 0 Å². The largest absolute Gasteiger partial charge is 0.481 e. The van der Waals surface area contributed by atoms with Gasteiger partial charge in [-0.25, -0.2) is 0 Å². The standard InChI is InChI=1S/C18H33NO5/c1-2-3-4-5-7-10-13-16-18(24-16,19(22)23)15-12-9-6-8-11-14-17(20)21/h16H,2-15H2,1H3,(H,20,21). The van der Waals surface area contributed by atoms with E-state index >= 15 is 0 Å². The molecule has 1 fully saturated rings. The van der Waals surface area contributed by atoms with Crippen LogP contribution in [0.25, 0.3) is 0 Å². The van der Waals surface area contributed by atoms with E-state index in [0.29, 0.717) is 12.8 Å². The molecule has 1 rings (SSSR count). The summed E-state index contributed by atoms with van der Waals surface area (Å²) in [4.78, 5) is 21.5. The zero-order valence-electron chi connectivity index (χ0n) is 15.0. The zero-order valence-corrected chi connectivity index (χ0v) is 15.0. The number of carboxylic acid groups (broad SMARTS) is 1. The van der Waals surface area contributed by atoms with Crippen molar-refractivity contribution in [3.05, 3.63) is 10.1 Å². The third kappa shape index (κ3) is 7.60. The van der Waals surface area contributed by atoms with Crippen LogP contribution >= 0.6 is 0 Å². The molecule has 0 amide bonds. The molecule has 6 nitrogen and oxygen atoms in total. The molecule has 24 heavy (non-hydrogen) atoms. The molecule has 1 aliphatic rings. The molecule has 0 radical (unpaired) electrons. The molecule has 0 aromatic rings. The Morgan fingerprint density at radius 1 is 1.04 bits per heavy atom. The number of hydrogen-bond acceptors (Lipinski definition) is 4. The molecule has 1 N–H and O–H groups in total. The fourth-order valence-electron chi connectivity index (χ4n) is 3.26. The van der Waals surface area contributed by atoms with Gasteiger partial charge in [0.2, 0.25) is 0 Å². The van der Waals surface area contributed by atoms with Crippen molar-refractivity contribution in [2.24, 2.45) is 0 Å². The van der Waals surface area contributed by atoms with Gasteiger partial charge >= 0.3 is 11.7 Å². The van der Waals surface area contributed by atoms with Crippen LogP contribution in [0.2, 0.25) is 0 Å². The van der Waals surface area contributed by atoms with Crippen LogP contribution in [-0.2, 0) is 9.53 Å². The summed E-state index contributed by atoms with van der Waals surface area (Å²) in [6.45, 7) is 2.19. The second-order valence-corrected chi connectivity index (χ2v) is 6.93.